The molecule has 1 aliphatic heterocycles. The molecular weight excluding hydrogens is 420 g/mol. The lowest BCUT2D eigenvalue weighted by Gasteiger charge is -2.33. The summed E-state index contributed by atoms with van der Waals surface area (Å²) in [5.41, 5.74) is 9.79. The Kier molecular flexibility index (Phi) is 6.63. The second kappa shape index (κ2) is 9.61. The Morgan fingerprint density at radius 3 is 2.64 bits per heavy atom. The van der Waals surface area contributed by atoms with Gasteiger partial charge in [0, 0.05) is 26.6 Å². The highest BCUT2D eigenvalue weighted by Gasteiger charge is 2.28. The third kappa shape index (κ3) is 5.00. The minimum absolute atomic E-state index is 0.369. The van der Waals surface area contributed by atoms with E-state index < -0.39 is 17.9 Å². The van der Waals surface area contributed by atoms with Gasteiger partial charge in [-0.15, -0.1) is 0 Å². The number of nitrogens with zero attached hydrogens (tertiary/aromatic N) is 3. The van der Waals surface area contributed by atoms with Gasteiger partial charge in [-0.2, -0.15) is 5.26 Å². The number of nitrogens with two attached hydrogens (primary N) is 1. The van der Waals surface area contributed by atoms with Crippen LogP contribution in [0.5, 0.6) is 0 Å². The SMILES string of the molecule is Cn1c(=O)oc2ccc(-c3ccc(C[C@@H](C#N)N4CCC(O)CCC(C(N)=O)C4)cc3)cc21. The number of hydrogen-bond donors (Lipinski definition) is 2. The van der Waals surface area contributed by atoms with Crippen molar-refractivity contribution in [1.29, 1.82) is 5.26 Å². The number of aliphatic hydroxyl groups excluding tert-OH is 1. The summed E-state index contributed by atoms with van der Waals surface area (Å²) in [5, 5.41) is 20.0. The molecule has 1 amide bonds. The normalized spacial score (nSPS) is 20.6. The maximum Gasteiger partial charge on any atom is 0.419 e. The first-order valence-electron chi connectivity index (χ1n) is 11.2. The van der Waals surface area contributed by atoms with Crippen molar-refractivity contribution in [2.75, 3.05) is 13.1 Å². The summed E-state index contributed by atoms with van der Waals surface area (Å²) >= 11 is 0. The van der Waals surface area contributed by atoms with Crippen molar-refractivity contribution >= 4 is 17.0 Å². The fourth-order valence-electron chi connectivity index (χ4n) is 4.45. The first-order valence-corrected chi connectivity index (χ1v) is 11.2. The molecule has 0 saturated carbocycles. The molecule has 0 radical (unpaired) electrons. The predicted octanol–water partition coefficient (Wildman–Crippen LogP) is 2.18. The van der Waals surface area contributed by atoms with Crippen LogP contribution in [0, 0.1) is 17.2 Å². The number of likely N-dealkylation sites (tertiary alicyclic amines) is 1. The molecule has 1 aromatic heterocycles. The molecule has 2 aromatic carbocycles. The summed E-state index contributed by atoms with van der Waals surface area (Å²) in [6.45, 7) is 0.979. The highest BCUT2D eigenvalue weighted by atomic mass is 16.4. The molecule has 8 nitrogen and oxygen atoms in total. The highest BCUT2D eigenvalue weighted by Crippen LogP contribution is 2.25. The maximum atomic E-state index is 11.8. The van der Waals surface area contributed by atoms with Crippen LogP contribution in [0.4, 0.5) is 0 Å². The van der Waals surface area contributed by atoms with Crippen LogP contribution in [-0.2, 0) is 18.3 Å². The van der Waals surface area contributed by atoms with E-state index in [-0.39, 0.29) is 11.8 Å². The zero-order valence-corrected chi connectivity index (χ0v) is 18.6. The molecule has 1 aliphatic rings. The molecule has 0 aliphatic carbocycles. The van der Waals surface area contributed by atoms with Crippen molar-refractivity contribution in [1.82, 2.24) is 9.47 Å². The van der Waals surface area contributed by atoms with Gasteiger partial charge in [0.2, 0.25) is 5.91 Å². The highest BCUT2D eigenvalue weighted by molar-refractivity contribution is 5.80. The number of aryl methyl sites for hydroxylation is 1. The monoisotopic (exact) mass is 448 g/mol. The molecule has 3 atom stereocenters. The molecule has 1 fully saturated rings. The van der Waals surface area contributed by atoms with E-state index in [9.17, 15) is 20.0 Å². The van der Waals surface area contributed by atoms with Crippen LogP contribution in [0.25, 0.3) is 22.2 Å². The summed E-state index contributed by atoms with van der Waals surface area (Å²) in [4.78, 5) is 25.5. The number of hydrogen-bond acceptors (Lipinski definition) is 6. The van der Waals surface area contributed by atoms with Gasteiger partial charge in [-0.05, 0) is 48.1 Å². The van der Waals surface area contributed by atoms with Crippen molar-refractivity contribution in [3.63, 3.8) is 0 Å². The fraction of sp³-hybridized carbons (Fsp3) is 0.400. The van der Waals surface area contributed by atoms with Gasteiger partial charge >= 0.3 is 5.76 Å². The Hall–Kier alpha value is -3.41. The average Bonchev–Trinajstić information content (AvgIpc) is 3.08. The Labute approximate surface area is 191 Å². The van der Waals surface area contributed by atoms with E-state index >= 15 is 0 Å². The lowest BCUT2D eigenvalue weighted by atomic mass is 9.94. The topological polar surface area (TPSA) is 125 Å². The number of carbonyl (C=O) groups is 1. The van der Waals surface area contributed by atoms with Crippen molar-refractivity contribution in [2.45, 2.75) is 37.8 Å². The van der Waals surface area contributed by atoms with E-state index in [0.29, 0.717) is 44.4 Å². The molecular formula is C25H28N4O4. The Balaban J connectivity index is 1.51. The van der Waals surface area contributed by atoms with Gasteiger partial charge in [0.1, 0.15) is 6.04 Å². The minimum atomic E-state index is -0.486. The lowest BCUT2D eigenvalue weighted by Crippen LogP contribution is -2.45. The molecule has 3 N–H and O–H groups in total. The first-order chi connectivity index (χ1) is 15.9. The largest absolute Gasteiger partial charge is 0.419 e. The van der Waals surface area contributed by atoms with E-state index in [0.717, 1.165) is 22.2 Å². The van der Waals surface area contributed by atoms with Crippen LogP contribution < -0.4 is 11.5 Å². The molecule has 4 rings (SSSR count). The van der Waals surface area contributed by atoms with Crippen LogP contribution >= 0.6 is 0 Å². The smallest absolute Gasteiger partial charge is 0.408 e. The third-order valence-electron chi connectivity index (χ3n) is 6.55. The average molecular weight is 449 g/mol. The lowest BCUT2D eigenvalue weighted by molar-refractivity contribution is -0.123. The first kappa shape index (κ1) is 22.8. The molecule has 33 heavy (non-hydrogen) atoms. The molecule has 1 saturated heterocycles. The van der Waals surface area contributed by atoms with Gasteiger partial charge < -0.3 is 15.3 Å². The molecule has 2 heterocycles. The molecule has 3 aromatic rings. The third-order valence-corrected chi connectivity index (χ3v) is 6.55. The quantitative estimate of drug-likeness (QED) is 0.616. The standard InChI is InChI=1S/C25H28N4O4/c1-28-22-13-18(7-9-23(22)33-25(28)32)17-4-2-16(3-5-17)12-20(14-26)29-11-10-21(30)8-6-19(15-29)24(27)31/h2-5,7,9,13,19-21,30H,6,8,10-12,15H2,1H3,(H2,27,31)/t19?,20-,21?/m0/s1. The number of primary amides is 1. The van der Waals surface area contributed by atoms with E-state index in [2.05, 4.69) is 6.07 Å². The summed E-state index contributed by atoms with van der Waals surface area (Å²) < 4.78 is 6.67. The van der Waals surface area contributed by atoms with Gasteiger partial charge in [0.15, 0.2) is 5.58 Å². The zero-order chi connectivity index (χ0) is 23.5. The van der Waals surface area contributed by atoms with Gasteiger partial charge in [0.25, 0.3) is 0 Å². The van der Waals surface area contributed by atoms with E-state index in [1.165, 1.54) is 4.57 Å². The Morgan fingerprint density at radius 1 is 1.21 bits per heavy atom. The van der Waals surface area contributed by atoms with Crippen LogP contribution in [0.3, 0.4) is 0 Å². The Morgan fingerprint density at radius 2 is 1.94 bits per heavy atom. The number of rotatable bonds is 5. The number of oxazole rings is 1. The minimum Gasteiger partial charge on any atom is -0.408 e. The fourth-order valence-corrected chi connectivity index (χ4v) is 4.45. The second-order valence-corrected chi connectivity index (χ2v) is 8.77. The van der Waals surface area contributed by atoms with E-state index in [4.69, 9.17) is 10.2 Å². The number of aliphatic hydroxyl groups is 1. The number of benzene rings is 2. The van der Waals surface area contributed by atoms with Crippen molar-refractivity contribution in [3.8, 4) is 17.2 Å². The van der Waals surface area contributed by atoms with Gasteiger partial charge in [-0.1, -0.05) is 30.3 Å². The molecule has 0 spiro atoms. The number of carbonyl (C=O) groups excluding carboxylic acids is 1. The van der Waals surface area contributed by atoms with E-state index in [1.807, 2.05) is 41.3 Å². The number of fused-ring (bicyclic) bond motifs is 1. The molecule has 8 heteroatoms. The van der Waals surface area contributed by atoms with Crippen molar-refractivity contribution in [2.24, 2.45) is 18.7 Å². The molecule has 2 unspecified atom stereocenters. The molecule has 172 valence electrons. The number of amides is 1. The molecule has 0 bridgehead atoms. The number of aromatic nitrogens is 1. The summed E-state index contributed by atoms with van der Waals surface area (Å²) in [5.74, 6) is -1.15. The zero-order valence-electron chi connectivity index (χ0n) is 18.6. The number of nitriles is 1. The van der Waals surface area contributed by atoms with Crippen LogP contribution in [0.1, 0.15) is 24.8 Å². The maximum absolute atomic E-state index is 11.8. The van der Waals surface area contributed by atoms with Crippen molar-refractivity contribution < 1.29 is 14.3 Å². The van der Waals surface area contributed by atoms with Crippen molar-refractivity contribution in [3.05, 3.63) is 58.6 Å². The van der Waals surface area contributed by atoms with Crippen LogP contribution in [0.2, 0.25) is 0 Å². The predicted molar refractivity (Wildman–Crippen MR) is 124 cm³/mol. The van der Waals surface area contributed by atoms with Gasteiger partial charge in [-0.25, -0.2) is 4.79 Å². The van der Waals surface area contributed by atoms with E-state index in [1.54, 1.807) is 13.1 Å². The summed E-state index contributed by atoms with van der Waals surface area (Å²) in [6.07, 6.45) is 1.68. The Bertz CT molecular complexity index is 1240. The van der Waals surface area contributed by atoms with Crippen LogP contribution in [-0.4, -0.2) is 45.7 Å². The second-order valence-electron chi connectivity index (χ2n) is 8.77. The summed E-state index contributed by atoms with van der Waals surface area (Å²) in [6, 6.07) is 15.5. The van der Waals surface area contributed by atoms with Gasteiger partial charge in [0.05, 0.1) is 23.6 Å². The summed E-state index contributed by atoms with van der Waals surface area (Å²) in [7, 11) is 1.68. The van der Waals surface area contributed by atoms with Gasteiger partial charge in [-0.3, -0.25) is 14.3 Å². The van der Waals surface area contributed by atoms with Crippen LogP contribution in [0.15, 0.2) is 51.7 Å².